The number of halogens is 1. The van der Waals surface area contributed by atoms with E-state index in [2.05, 4.69) is 19.9 Å². The largest absolute Gasteiger partial charge is 0.330 e. The van der Waals surface area contributed by atoms with Crippen LogP contribution in [0.3, 0.4) is 0 Å². The molecule has 0 saturated carbocycles. The Kier molecular flexibility index (Phi) is 4.43. The Morgan fingerprint density at radius 3 is 2.50 bits per heavy atom. The van der Waals surface area contributed by atoms with Gasteiger partial charge in [0, 0.05) is 10.9 Å². The van der Waals surface area contributed by atoms with E-state index < -0.39 is 0 Å². The molecule has 0 aliphatic carbocycles. The first-order valence-electron chi connectivity index (χ1n) is 5.15. The summed E-state index contributed by atoms with van der Waals surface area (Å²) >= 11 is 6.14. The average Bonchev–Trinajstić information content (AvgIpc) is 2.21. The molecule has 14 heavy (non-hydrogen) atoms. The molecule has 2 N–H and O–H groups in total. The van der Waals surface area contributed by atoms with E-state index >= 15 is 0 Å². The maximum atomic E-state index is 6.14. The third-order valence-corrected chi connectivity index (χ3v) is 3.23. The second kappa shape index (κ2) is 5.38. The van der Waals surface area contributed by atoms with Crippen LogP contribution in [-0.2, 0) is 0 Å². The Morgan fingerprint density at radius 1 is 1.36 bits per heavy atom. The van der Waals surface area contributed by atoms with E-state index in [1.54, 1.807) is 0 Å². The lowest BCUT2D eigenvalue weighted by molar-refractivity contribution is 0.452. The molecule has 1 nitrogen and oxygen atoms in total. The molecule has 0 aliphatic heterocycles. The molecular weight excluding hydrogens is 194 g/mol. The monoisotopic (exact) mass is 211 g/mol. The molecule has 0 amide bonds. The molecule has 0 spiro atoms. The van der Waals surface area contributed by atoms with E-state index in [9.17, 15) is 0 Å². The Bertz CT molecular complexity index is 285. The quantitative estimate of drug-likeness (QED) is 0.812. The molecule has 0 radical (unpaired) electrons. The van der Waals surface area contributed by atoms with Crippen LogP contribution >= 0.6 is 11.6 Å². The summed E-state index contributed by atoms with van der Waals surface area (Å²) in [6.07, 6.45) is 1.13. The summed E-state index contributed by atoms with van der Waals surface area (Å²) in [6, 6.07) is 7.98. The molecular formula is C12H18ClN. The van der Waals surface area contributed by atoms with Crippen molar-refractivity contribution in [2.75, 3.05) is 6.54 Å². The number of benzene rings is 1. The third-order valence-electron chi connectivity index (χ3n) is 2.89. The van der Waals surface area contributed by atoms with Gasteiger partial charge in [-0.05, 0) is 24.1 Å². The summed E-state index contributed by atoms with van der Waals surface area (Å²) in [7, 11) is 0. The van der Waals surface area contributed by atoms with Crippen molar-refractivity contribution in [3.8, 4) is 0 Å². The van der Waals surface area contributed by atoms with Gasteiger partial charge in [-0.25, -0.2) is 0 Å². The van der Waals surface area contributed by atoms with E-state index in [-0.39, 0.29) is 0 Å². The van der Waals surface area contributed by atoms with Gasteiger partial charge < -0.3 is 5.73 Å². The highest BCUT2D eigenvalue weighted by Crippen LogP contribution is 2.30. The van der Waals surface area contributed by atoms with Crippen molar-refractivity contribution in [1.82, 2.24) is 0 Å². The normalized spacial score (nSPS) is 15.1. The molecule has 2 unspecified atom stereocenters. The molecule has 0 aliphatic rings. The average molecular weight is 212 g/mol. The Hall–Kier alpha value is -0.530. The van der Waals surface area contributed by atoms with Crippen LogP contribution in [-0.4, -0.2) is 6.54 Å². The molecule has 0 aromatic heterocycles. The Morgan fingerprint density at radius 2 is 2.00 bits per heavy atom. The van der Waals surface area contributed by atoms with Crippen LogP contribution in [0.5, 0.6) is 0 Å². The van der Waals surface area contributed by atoms with Crippen molar-refractivity contribution in [2.45, 2.75) is 26.2 Å². The van der Waals surface area contributed by atoms with Crippen molar-refractivity contribution in [1.29, 1.82) is 0 Å². The van der Waals surface area contributed by atoms with Crippen molar-refractivity contribution in [2.24, 2.45) is 11.7 Å². The van der Waals surface area contributed by atoms with E-state index in [1.807, 2.05) is 18.2 Å². The van der Waals surface area contributed by atoms with Gasteiger partial charge in [0.1, 0.15) is 0 Å². The standard InChI is InChI=1S/C12H18ClN/c1-3-9(2)11(8-14)10-6-4-5-7-12(10)13/h4-7,9,11H,3,8,14H2,1-2H3. The molecule has 1 aromatic carbocycles. The van der Waals surface area contributed by atoms with Gasteiger partial charge >= 0.3 is 0 Å². The van der Waals surface area contributed by atoms with Gasteiger partial charge in [-0.1, -0.05) is 50.1 Å². The van der Waals surface area contributed by atoms with Crippen molar-refractivity contribution >= 4 is 11.6 Å². The molecule has 78 valence electrons. The first-order valence-corrected chi connectivity index (χ1v) is 5.53. The second-order valence-electron chi connectivity index (χ2n) is 3.75. The number of hydrogen-bond donors (Lipinski definition) is 1. The lowest BCUT2D eigenvalue weighted by Crippen LogP contribution is -2.19. The van der Waals surface area contributed by atoms with E-state index in [4.69, 9.17) is 17.3 Å². The van der Waals surface area contributed by atoms with Gasteiger partial charge in [0.05, 0.1) is 0 Å². The fourth-order valence-electron chi connectivity index (χ4n) is 1.73. The minimum Gasteiger partial charge on any atom is -0.330 e. The van der Waals surface area contributed by atoms with Crippen molar-refractivity contribution in [3.05, 3.63) is 34.9 Å². The van der Waals surface area contributed by atoms with Gasteiger partial charge in [-0.15, -0.1) is 0 Å². The highest BCUT2D eigenvalue weighted by Gasteiger charge is 2.18. The van der Waals surface area contributed by atoms with E-state index in [0.717, 1.165) is 11.4 Å². The highest BCUT2D eigenvalue weighted by atomic mass is 35.5. The van der Waals surface area contributed by atoms with Gasteiger partial charge in [-0.3, -0.25) is 0 Å². The van der Waals surface area contributed by atoms with Crippen molar-refractivity contribution in [3.63, 3.8) is 0 Å². The van der Waals surface area contributed by atoms with Gasteiger partial charge in [-0.2, -0.15) is 0 Å². The third kappa shape index (κ3) is 2.49. The SMILES string of the molecule is CCC(C)C(CN)c1ccccc1Cl. The second-order valence-corrected chi connectivity index (χ2v) is 4.16. The molecule has 0 saturated heterocycles. The molecule has 1 aromatic rings. The summed E-state index contributed by atoms with van der Waals surface area (Å²) < 4.78 is 0. The zero-order valence-corrected chi connectivity index (χ0v) is 9.59. The van der Waals surface area contributed by atoms with Crippen LogP contribution < -0.4 is 5.73 Å². The lowest BCUT2D eigenvalue weighted by atomic mass is 9.86. The predicted molar refractivity (Wildman–Crippen MR) is 62.7 cm³/mol. The van der Waals surface area contributed by atoms with Crippen LogP contribution in [0.25, 0.3) is 0 Å². The smallest absolute Gasteiger partial charge is 0.0441 e. The number of hydrogen-bond acceptors (Lipinski definition) is 1. The minimum atomic E-state index is 0.383. The van der Waals surface area contributed by atoms with E-state index in [0.29, 0.717) is 18.4 Å². The zero-order chi connectivity index (χ0) is 10.6. The molecule has 1 rings (SSSR count). The first-order chi connectivity index (χ1) is 6.70. The first kappa shape index (κ1) is 11.5. The molecule has 2 atom stereocenters. The van der Waals surface area contributed by atoms with E-state index in [1.165, 1.54) is 5.56 Å². The van der Waals surface area contributed by atoms with Gasteiger partial charge in [0.25, 0.3) is 0 Å². The fraction of sp³-hybridized carbons (Fsp3) is 0.500. The number of rotatable bonds is 4. The Balaban J connectivity index is 2.94. The fourth-order valence-corrected chi connectivity index (χ4v) is 2.00. The maximum absolute atomic E-state index is 6.14. The summed E-state index contributed by atoms with van der Waals surface area (Å²) in [5.74, 6) is 0.966. The van der Waals surface area contributed by atoms with Crippen LogP contribution in [0.2, 0.25) is 5.02 Å². The summed E-state index contributed by atoms with van der Waals surface area (Å²) in [6.45, 7) is 5.07. The summed E-state index contributed by atoms with van der Waals surface area (Å²) in [4.78, 5) is 0. The molecule has 0 heterocycles. The number of nitrogens with two attached hydrogens (primary N) is 1. The van der Waals surface area contributed by atoms with Crippen LogP contribution in [0.4, 0.5) is 0 Å². The minimum absolute atomic E-state index is 0.383. The topological polar surface area (TPSA) is 26.0 Å². The zero-order valence-electron chi connectivity index (χ0n) is 8.83. The van der Waals surface area contributed by atoms with Crippen molar-refractivity contribution < 1.29 is 0 Å². The Labute approximate surface area is 91.3 Å². The van der Waals surface area contributed by atoms with Crippen LogP contribution in [0, 0.1) is 5.92 Å². The predicted octanol–water partition coefficient (Wildman–Crippen LogP) is 3.43. The molecule has 0 bridgehead atoms. The molecule has 2 heteroatoms. The summed E-state index contributed by atoms with van der Waals surface area (Å²) in [5.41, 5.74) is 6.98. The highest BCUT2D eigenvalue weighted by molar-refractivity contribution is 6.31. The van der Waals surface area contributed by atoms with Gasteiger partial charge in [0.2, 0.25) is 0 Å². The maximum Gasteiger partial charge on any atom is 0.0441 e. The van der Waals surface area contributed by atoms with Crippen LogP contribution in [0.15, 0.2) is 24.3 Å². The summed E-state index contributed by atoms with van der Waals surface area (Å²) in [5, 5.41) is 0.836. The van der Waals surface area contributed by atoms with Gasteiger partial charge in [0.15, 0.2) is 0 Å². The molecule has 0 fully saturated rings. The van der Waals surface area contributed by atoms with Crippen LogP contribution in [0.1, 0.15) is 31.7 Å². The lowest BCUT2D eigenvalue weighted by Gasteiger charge is -2.22.